The summed E-state index contributed by atoms with van der Waals surface area (Å²) in [6, 6.07) is 3.86. The van der Waals surface area contributed by atoms with Gasteiger partial charge in [-0.3, -0.25) is 4.98 Å². The molecule has 2 heterocycles. The lowest BCUT2D eigenvalue weighted by molar-refractivity contribution is 0.585. The Morgan fingerprint density at radius 2 is 1.88 bits per heavy atom. The molecule has 0 bridgehead atoms. The van der Waals surface area contributed by atoms with E-state index in [0.29, 0.717) is 5.92 Å². The highest BCUT2D eigenvalue weighted by atomic mass is 14.9. The van der Waals surface area contributed by atoms with Crippen LogP contribution in [0.2, 0.25) is 0 Å². The van der Waals surface area contributed by atoms with Crippen LogP contribution in [0.15, 0.2) is 36.9 Å². The summed E-state index contributed by atoms with van der Waals surface area (Å²) >= 11 is 0. The average Bonchev–Trinajstić information content (AvgIpc) is 2.38. The fourth-order valence-corrected chi connectivity index (χ4v) is 1.58. The lowest BCUT2D eigenvalue weighted by atomic mass is 10.1. The van der Waals surface area contributed by atoms with Crippen LogP contribution >= 0.6 is 0 Å². The third kappa shape index (κ3) is 3.34. The Balaban J connectivity index is 2.08. The van der Waals surface area contributed by atoms with Gasteiger partial charge in [0.15, 0.2) is 5.82 Å². The minimum atomic E-state index is 0.716. The van der Waals surface area contributed by atoms with Gasteiger partial charge in [-0.15, -0.1) is 0 Å². The minimum absolute atomic E-state index is 0.716. The molecular formula is C14H17N3. The first-order valence-corrected chi connectivity index (χ1v) is 5.97. The number of rotatable bonds is 4. The normalized spacial score (nSPS) is 10.8. The van der Waals surface area contributed by atoms with Crippen molar-refractivity contribution in [1.29, 1.82) is 0 Å². The molecule has 0 amide bonds. The van der Waals surface area contributed by atoms with E-state index in [1.807, 2.05) is 24.5 Å². The van der Waals surface area contributed by atoms with Crippen molar-refractivity contribution in [1.82, 2.24) is 15.0 Å². The van der Waals surface area contributed by atoms with Crippen LogP contribution in [0, 0.1) is 5.92 Å². The molecule has 0 saturated heterocycles. The third-order valence-corrected chi connectivity index (χ3v) is 2.64. The van der Waals surface area contributed by atoms with Gasteiger partial charge in [0.25, 0.3) is 0 Å². The average molecular weight is 227 g/mol. The quantitative estimate of drug-likeness (QED) is 0.805. The molecule has 2 aromatic heterocycles. The van der Waals surface area contributed by atoms with Gasteiger partial charge >= 0.3 is 0 Å². The number of aryl methyl sites for hydroxylation is 1. The van der Waals surface area contributed by atoms with Crippen LogP contribution in [0.5, 0.6) is 0 Å². The Bertz CT molecular complexity index is 449. The molecule has 0 fully saturated rings. The van der Waals surface area contributed by atoms with Gasteiger partial charge < -0.3 is 0 Å². The summed E-state index contributed by atoms with van der Waals surface area (Å²) in [4.78, 5) is 12.8. The second-order valence-electron chi connectivity index (χ2n) is 4.59. The summed E-state index contributed by atoms with van der Waals surface area (Å²) in [5, 5.41) is 0. The molecule has 0 radical (unpaired) electrons. The molecule has 0 N–H and O–H groups in total. The lowest BCUT2D eigenvalue weighted by Gasteiger charge is -2.04. The van der Waals surface area contributed by atoms with E-state index >= 15 is 0 Å². The van der Waals surface area contributed by atoms with Crippen molar-refractivity contribution in [3.05, 3.63) is 42.5 Å². The molecule has 0 unspecified atom stereocenters. The van der Waals surface area contributed by atoms with Gasteiger partial charge in [0.05, 0.1) is 0 Å². The Labute approximate surface area is 102 Å². The fourth-order valence-electron chi connectivity index (χ4n) is 1.58. The summed E-state index contributed by atoms with van der Waals surface area (Å²) in [5.41, 5.74) is 2.16. The molecule has 0 aromatic carbocycles. The predicted molar refractivity (Wildman–Crippen MR) is 68.4 cm³/mol. The third-order valence-electron chi connectivity index (χ3n) is 2.64. The first kappa shape index (κ1) is 11.7. The summed E-state index contributed by atoms with van der Waals surface area (Å²) in [5.74, 6) is 1.46. The van der Waals surface area contributed by atoms with Gasteiger partial charge in [0.1, 0.15) is 0 Å². The monoisotopic (exact) mass is 227 g/mol. The van der Waals surface area contributed by atoms with Crippen molar-refractivity contribution in [3.63, 3.8) is 0 Å². The number of pyridine rings is 1. The van der Waals surface area contributed by atoms with Crippen LogP contribution in [-0.4, -0.2) is 15.0 Å². The predicted octanol–water partition coefficient (Wildman–Crippen LogP) is 3.13. The van der Waals surface area contributed by atoms with Crippen LogP contribution < -0.4 is 0 Å². The summed E-state index contributed by atoms with van der Waals surface area (Å²) in [6.07, 6.45) is 9.58. The topological polar surface area (TPSA) is 38.7 Å². The van der Waals surface area contributed by atoms with E-state index in [2.05, 4.69) is 28.8 Å². The molecule has 2 rings (SSSR count). The summed E-state index contributed by atoms with van der Waals surface area (Å²) < 4.78 is 0. The molecule has 0 atom stereocenters. The van der Waals surface area contributed by atoms with Crippen LogP contribution in [0.1, 0.15) is 25.8 Å². The fraction of sp³-hybridized carbons (Fsp3) is 0.357. The van der Waals surface area contributed by atoms with E-state index in [0.717, 1.165) is 17.8 Å². The highest BCUT2D eigenvalue weighted by Crippen LogP contribution is 2.13. The smallest absolute Gasteiger partial charge is 0.160 e. The maximum atomic E-state index is 4.38. The van der Waals surface area contributed by atoms with Crippen molar-refractivity contribution in [2.75, 3.05) is 0 Å². The number of nitrogens with zero attached hydrogens (tertiary/aromatic N) is 3. The van der Waals surface area contributed by atoms with Gasteiger partial charge in [0.2, 0.25) is 0 Å². The number of hydrogen-bond donors (Lipinski definition) is 0. The van der Waals surface area contributed by atoms with Crippen molar-refractivity contribution in [2.24, 2.45) is 5.92 Å². The summed E-state index contributed by atoms with van der Waals surface area (Å²) in [6.45, 7) is 4.45. The molecule has 3 nitrogen and oxygen atoms in total. The van der Waals surface area contributed by atoms with Crippen molar-refractivity contribution >= 4 is 0 Å². The van der Waals surface area contributed by atoms with Gasteiger partial charge in [0, 0.05) is 30.4 Å². The van der Waals surface area contributed by atoms with Crippen molar-refractivity contribution in [3.8, 4) is 11.4 Å². The van der Waals surface area contributed by atoms with E-state index in [-0.39, 0.29) is 0 Å². The van der Waals surface area contributed by atoms with Crippen molar-refractivity contribution < 1.29 is 0 Å². The van der Waals surface area contributed by atoms with Gasteiger partial charge in [-0.2, -0.15) is 0 Å². The molecule has 2 aromatic rings. The zero-order valence-corrected chi connectivity index (χ0v) is 10.3. The Morgan fingerprint density at radius 3 is 2.47 bits per heavy atom. The first-order chi connectivity index (χ1) is 8.25. The van der Waals surface area contributed by atoms with Crippen LogP contribution in [0.3, 0.4) is 0 Å². The SMILES string of the molecule is CC(C)CCc1cnc(-c2cccnc2)nc1. The highest BCUT2D eigenvalue weighted by Gasteiger charge is 2.02. The molecule has 3 heteroatoms. The lowest BCUT2D eigenvalue weighted by Crippen LogP contribution is -1.96. The molecule has 0 saturated carbocycles. The van der Waals surface area contributed by atoms with Gasteiger partial charge in [-0.05, 0) is 36.5 Å². The number of aromatic nitrogens is 3. The first-order valence-electron chi connectivity index (χ1n) is 5.97. The maximum Gasteiger partial charge on any atom is 0.160 e. The van der Waals surface area contributed by atoms with E-state index in [9.17, 15) is 0 Å². The van der Waals surface area contributed by atoms with Gasteiger partial charge in [-0.25, -0.2) is 9.97 Å². The molecule has 0 aliphatic carbocycles. The van der Waals surface area contributed by atoms with E-state index < -0.39 is 0 Å². The van der Waals surface area contributed by atoms with E-state index in [1.54, 1.807) is 12.4 Å². The Kier molecular flexibility index (Phi) is 3.81. The van der Waals surface area contributed by atoms with Crippen LogP contribution in [-0.2, 0) is 6.42 Å². The Morgan fingerprint density at radius 1 is 1.12 bits per heavy atom. The maximum absolute atomic E-state index is 4.38. The zero-order valence-electron chi connectivity index (χ0n) is 10.3. The molecule has 88 valence electrons. The minimum Gasteiger partial charge on any atom is -0.264 e. The second-order valence-corrected chi connectivity index (χ2v) is 4.59. The summed E-state index contributed by atoms with van der Waals surface area (Å²) in [7, 11) is 0. The molecular weight excluding hydrogens is 210 g/mol. The largest absolute Gasteiger partial charge is 0.264 e. The van der Waals surface area contributed by atoms with E-state index in [1.165, 1.54) is 12.0 Å². The molecule has 0 aliphatic rings. The van der Waals surface area contributed by atoms with Gasteiger partial charge in [-0.1, -0.05) is 13.8 Å². The molecule has 17 heavy (non-hydrogen) atoms. The molecule has 0 aliphatic heterocycles. The standard InChI is InChI=1S/C14H17N3/c1-11(2)5-6-12-8-16-14(17-9-12)13-4-3-7-15-10-13/h3-4,7-11H,5-6H2,1-2H3. The highest BCUT2D eigenvalue weighted by molar-refractivity contribution is 5.52. The molecule has 0 spiro atoms. The van der Waals surface area contributed by atoms with Crippen LogP contribution in [0.25, 0.3) is 11.4 Å². The van der Waals surface area contributed by atoms with Crippen molar-refractivity contribution in [2.45, 2.75) is 26.7 Å². The second kappa shape index (κ2) is 5.53. The number of hydrogen-bond acceptors (Lipinski definition) is 3. The zero-order chi connectivity index (χ0) is 12.1. The van der Waals surface area contributed by atoms with E-state index in [4.69, 9.17) is 0 Å². The van der Waals surface area contributed by atoms with Crippen LogP contribution in [0.4, 0.5) is 0 Å². The Hall–Kier alpha value is -1.77.